The molecule has 1 unspecified atom stereocenters. The van der Waals surface area contributed by atoms with Crippen LogP contribution in [0.1, 0.15) is 18.9 Å². The molecule has 0 aliphatic carbocycles. The zero-order valence-electron chi connectivity index (χ0n) is 8.14. The monoisotopic (exact) mass is 187 g/mol. The number of rotatable bonds is 1. The van der Waals surface area contributed by atoms with E-state index in [1.807, 2.05) is 30.5 Å². The smallest absolute Gasteiger partial charge is 0.0708 e. The van der Waals surface area contributed by atoms with E-state index in [0.29, 0.717) is 5.92 Å². The Kier molecular flexibility index (Phi) is 2.31. The molecule has 3 heteroatoms. The van der Waals surface area contributed by atoms with Gasteiger partial charge in [-0.2, -0.15) is 10.2 Å². The van der Waals surface area contributed by atoms with E-state index in [1.54, 1.807) is 0 Å². The SMILES string of the molecule is CC1C=NN=C(c2ccc(N)cc2)C1. The van der Waals surface area contributed by atoms with Crippen molar-refractivity contribution in [2.45, 2.75) is 13.3 Å². The zero-order chi connectivity index (χ0) is 9.97. The van der Waals surface area contributed by atoms with Gasteiger partial charge in [0.1, 0.15) is 0 Å². The number of nitrogen functional groups attached to an aromatic ring is 1. The molecular formula is C11H13N3. The van der Waals surface area contributed by atoms with Gasteiger partial charge in [0, 0.05) is 11.9 Å². The van der Waals surface area contributed by atoms with Crippen LogP contribution in [-0.2, 0) is 0 Å². The van der Waals surface area contributed by atoms with E-state index in [2.05, 4.69) is 17.1 Å². The Bertz CT molecular complexity index is 376. The molecule has 1 aromatic carbocycles. The van der Waals surface area contributed by atoms with Crippen molar-refractivity contribution in [1.82, 2.24) is 0 Å². The third-order valence-corrected chi connectivity index (χ3v) is 2.26. The summed E-state index contributed by atoms with van der Waals surface area (Å²) in [6.45, 7) is 2.13. The lowest BCUT2D eigenvalue weighted by atomic mass is 9.99. The lowest BCUT2D eigenvalue weighted by molar-refractivity contribution is 0.809. The van der Waals surface area contributed by atoms with Gasteiger partial charge < -0.3 is 5.73 Å². The molecule has 0 spiro atoms. The van der Waals surface area contributed by atoms with Gasteiger partial charge in [0.05, 0.1) is 5.71 Å². The number of hydrogen-bond donors (Lipinski definition) is 1. The molecule has 0 aromatic heterocycles. The molecule has 2 N–H and O–H groups in total. The molecule has 3 nitrogen and oxygen atoms in total. The summed E-state index contributed by atoms with van der Waals surface area (Å²) in [6, 6.07) is 7.76. The van der Waals surface area contributed by atoms with Crippen LogP contribution in [0.5, 0.6) is 0 Å². The molecule has 0 amide bonds. The molecule has 1 aliphatic heterocycles. The molecule has 0 saturated heterocycles. The second-order valence-corrected chi connectivity index (χ2v) is 3.61. The highest BCUT2D eigenvalue weighted by molar-refractivity contribution is 6.02. The molecule has 1 atom stereocenters. The van der Waals surface area contributed by atoms with Crippen LogP contribution >= 0.6 is 0 Å². The Labute approximate surface area is 83.4 Å². The van der Waals surface area contributed by atoms with E-state index in [0.717, 1.165) is 23.4 Å². The molecule has 2 rings (SSSR count). The van der Waals surface area contributed by atoms with Gasteiger partial charge in [-0.15, -0.1) is 0 Å². The van der Waals surface area contributed by atoms with E-state index in [-0.39, 0.29) is 0 Å². The van der Waals surface area contributed by atoms with Crippen LogP contribution in [0.4, 0.5) is 5.69 Å². The molecule has 0 bridgehead atoms. The minimum absolute atomic E-state index is 0.472. The summed E-state index contributed by atoms with van der Waals surface area (Å²) in [4.78, 5) is 0. The van der Waals surface area contributed by atoms with Crippen LogP contribution in [-0.4, -0.2) is 11.9 Å². The highest BCUT2D eigenvalue weighted by Crippen LogP contribution is 2.15. The summed E-state index contributed by atoms with van der Waals surface area (Å²) in [7, 11) is 0. The Hall–Kier alpha value is -1.64. The second-order valence-electron chi connectivity index (χ2n) is 3.61. The fourth-order valence-electron chi connectivity index (χ4n) is 1.47. The van der Waals surface area contributed by atoms with Crippen LogP contribution in [0.2, 0.25) is 0 Å². The standard InChI is InChI=1S/C11H13N3/c1-8-6-11(14-13-7-8)9-2-4-10(12)5-3-9/h2-5,7-8H,6,12H2,1H3. The van der Waals surface area contributed by atoms with Gasteiger partial charge in [-0.3, -0.25) is 0 Å². The molecule has 0 fully saturated rings. The number of benzene rings is 1. The van der Waals surface area contributed by atoms with Crippen LogP contribution < -0.4 is 5.73 Å². The van der Waals surface area contributed by atoms with E-state index in [1.165, 1.54) is 0 Å². The van der Waals surface area contributed by atoms with E-state index in [9.17, 15) is 0 Å². The summed E-state index contributed by atoms with van der Waals surface area (Å²) in [5.41, 5.74) is 8.55. The third-order valence-electron chi connectivity index (χ3n) is 2.26. The van der Waals surface area contributed by atoms with Crippen LogP contribution in [0.15, 0.2) is 34.5 Å². The minimum atomic E-state index is 0.472. The molecule has 72 valence electrons. The average molecular weight is 187 g/mol. The normalized spacial score (nSPS) is 20.6. The highest BCUT2D eigenvalue weighted by Gasteiger charge is 2.11. The molecule has 1 heterocycles. The number of hydrogen-bond acceptors (Lipinski definition) is 3. The summed E-state index contributed by atoms with van der Waals surface area (Å²) >= 11 is 0. The second kappa shape index (κ2) is 3.62. The molecule has 1 aromatic rings. The van der Waals surface area contributed by atoms with E-state index >= 15 is 0 Å². The van der Waals surface area contributed by atoms with Crippen molar-refractivity contribution in [1.29, 1.82) is 0 Å². The van der Waals surface area contributed by atoms with Crippen molar-refractivity contribution in [2.75, 3.05) is 5.73 Å². The summed E-state index contributed by atoms with van der Waals surface area (Å²) in [6.07, 6.45) is 2.83. The third kappa shape index (κ3) is 1.82. The number of nitrogens with two attached hydrogens (primary N) is 1. The summed E-state index contributed by atoms with van der Waals surface area (Å²) in [5, 5.41) is 8.10. The predicted molar refractivity (Wildman–Crippen MR) is 59.7 cm³/mol. The van der Waals surface area contributed by atoms with Crippen molar-refractivity contribution in [2.24, 2.45) is 16.1 Å². The van der Waals surface area contributed by atoms with Crippen molar-refractivity contribution < 1.29 is 0 Å². The Morgan fingerprint density at radius 2 is 2.00 bits per heavy atom. The van der Waals surface area contributed by atoms with E-state index in [4.69, 9.17) is 5.73 Å². The molecular weight excluding hydrogens is 174 g/mol. The lowest BCUT2D eigenvalue weighted by Crippen LogP contribution is -2.11. The van der Waals surface area contributed by atoms with Gasteiger partial charge in [0.15, 0.2) is 0 Å². The largest absolute Gasteiger partial charge is 0.399 e. The van der Waals surface area contributed by atoms with Crippen LogP contribution in [0.25, 0.3) is 0 Å². The van der Waals surface area contributed by atoms with Gasteiger partial charge in [0.25, 0.3) is 0 Å². The minimum Gasteiger partial charge on any atom is -0.399 e. The van der Waals surface area contributed by atoms with Crippen LogP contribution in [0, 0.1) is 5.92 Å². The topological polar surface area (TPSA) is 50.7 Å². The summed E-state index contributed by atoms with van der Waals surface area (Å²) in [5.74, 6) is 0.472. The van der Waals surface area contributed by atoms with E-state index < -0.39 is 0 Å². The number of nitrogens with zero attached hydrogens (tertiary/aromatic N) is 2. The predicted octanol–water partition coefficient (Wildman–Crippen LogP) is 2.08. The van der Waals surface area contributed by atoms with Gasteiger partial charge in [-0.05, 0) is 30.0 Å². The Morgan fingerprint density at radius 3 is 2.64 bits per heavy atom. The van der Waals surface area contributed by atoms with Crippen molar-refractivity contribution >= 4 is 17.6 Å². The average Bonchev–Trinajstić information content (AvgIpc) is 2.19. The van der Waals surface area contributed by atoms with Gasteiger partial charge >= 0.3 is 0 Å². The molecule has 14 heavy (non-hydrogen) atoms. The number of anilines is 1. The summed E-state index contributed by atoms with van der Waals surface area (Å²) < 4.78 is 0. The fraction of sp³-hybridized carbons (Fsp3) is 0.273. The maximum absolute atomic E-state index is 5.61. The maximum atomic E-state index is 5.61. The zero-order valence-corrected chi connectivity index (χ0v) is 8.14. The molecule has 0 radical (unpaired) electrons. The first-order valence-electron chi connectivity index (χ1n) is 4.71. The first-order chi connectivity index (χ1) is 6.75. The maximum Gasteiger partial charge on any atom is 0.0708 e. The van der Waals surface area contributed by atoms with Gasteiger partial charge in [-0.25, -0.2) is 0 Å². The van der Waals surface area contributed by atoms with Crippen molar-refractivity contribution in [3.63, 3.8) is 0 Å². The first-order valence-corrected chi connectivity index (χ1v) is 4.71. The van der Waals surface area contributed by atoms with Crippen molar-refractivity contribution in [3.05, 3.63) is 29.8 Å². The van der Waals surface area contributed by atoms with Gasteiger partial charge in [0.2, 0.25) is 0 Å². The van der Waals surface area contributed by atoms with Crippen LogP contribution in [0.3, 0.4) is 0 Å². The fourth-order valence-corrected chi connectivity index (χ4v) is 1.47. The Morgan fingerprint density at radius 1 is 1.29 bits per heavy atom. The van der Waals surface area contributed by atoms with Gasteiger partial charge in [-0.1, -0.05) is 19.1 Å². The Balaban J connectivity index is 2.27. The van der Waals surface area contributed by atoms with Crippen molar-refractivity contribution in [3.8, 4) is 0 Å². The molecule has 0 saturated carbocycles. The highest BCUT2D eigenvalue weighted by atomic mass is 15.2. The lowest BCUT2D eigenvalue weighted by Gasteiger charge is -2.11. The molecule has 1 aliphatic rings. The quantitative estimate of drug-likeness (QED) is 0.672. The first kappa shape index (κ1) is 8.94.